The summed E-state index contributed by atoms with van der Waals surface area (Å²) in [6, 6.07) is -0.115. The third-order valence-electron chi connectivity index (χ3n) is 2.38. The van der Waals surface area contributed by atoms with Crippen LogP contribution in [0, 0.1) is 0 Å². The van der Waals surface area contributed by atoms with Gasteiger partial charge in [-0.25, -0.2) is 13.1 Å². The first kappa shape index (κ1) is 16.1. The maximum atomic E-state index is 12.6. The molecule has 18 heavy (non-hydrogen) atoms. The second-order valence-electron chi connectivity index (χ2n) is 4.06. The molecule has 0 spiro atoms. The van der Waals surface area contributed by atoms with Crippen LogP contribution in [0.15, 0.2) is 9.63 Å². The van der Waals surface area contributed by atoms with E-state index in [1.165, 1.54) is 8.99 Å². The van der Waals surface area contributed by atoms with E-state index in [0.29, 0.717) is 6.54 Å². The lowest BCUT2D eigenvalue weighted by Gasteiger charge is -2.25. The van der Waals surface area contributed by atoms with Gasteiger partial charge < -0.3 is 0 Å². The zero-order valence-electron chi connectivity index (χ0n) is 10.5. The molecule has 0 aliphatic rings. The van der Waals surface area contributed by atoms with Crippen molar-refractivity contribution in [3.8, 4) is 0 Å². The van der Waals surface area contributed by atoms with Crippen LogP contribution in [-0.2, 0) is 17.1 Å². The molecule has 0 unspecified atom stereocenters. The van der Waals surface area contributed by atoms with Crippen molar-refractivity contribution in [2.75, 3.05) is 11.9 Å². The van der Waals surface area contributed by atoms with E-state index in [9.17, 15) is 8.42 Å². The molecule has 1 aromatic heterocycles. The fourth-order valence-electron chi connectivity index (χ4n) is 1.58. The van der Waals surface area contributed by atoms with Crippen LogP contribution in [0.3, 0.4) is 0 Å². The minimum Gasteiger partial charge on any atom is -0.235 e. The van der Waals surface area contributed by atoms with Crippen LogP contribution in [0.4, 0.5) is 0 Å². The van der Waals surface area contributed by atoms with Crippen molar-refractivity contribution >= 4 is 41.9 Å². The Labute approximate surface area is 124 Å². The molecule has 0 atom stereocenters. The Morgan fingerprint density at radius 3 is 2.44 bits per heavy atom. The highest BCUT2D eigenvalue weighted by molar-refractivity contribution is 9.10. The van der Waals surface area contributed by atoms with Crippen LogP contribution in [-0.4, -0.2) is 45.6 Å². The Morgan fingerprint density at radius 1 is 1.44 bits per heavy atom. The number of aromatic nitrogens is 3. The molecule has 0 radical (unpaired) electrons. The van der Waals surface area contributed by atoms with Crippen molar-refractivity contribution in [2.24, 2.45) is 7.05 Å². The number of sulfonamides is 1. The van der Waals surface area contributed by atoms with Gasteiger partial charge in [0, 0.05) is 25.0 Å². The Kier molecular flexibility index (Phi) is 5.75. The lowest BCUT2D eigenvalue weighted by atomic mass is 10.4. The summed E-state index contributed by atoms with van der Waals surface area (Å²) < 4.78 is 28.1. The van der Waals surface area contributed by atoms with Gasteiger partial charge in [0.2, 0.25) is 5.03 Å². The fraction of sp³-hybridized carbons (Fsp3) is 0.778. The zero-order chi connectivity index (χ0) is 13.9. The molecule has 104 valence electrons. The molecule has 0 saturated heterocycles. The topological polar surface area (TPSA) is 68.1 Å². The first-order valence-corrected chi connectivity index (χ1v) is 8.80. The maximum absolute atomic E-state index is 12.6. The van der Waals surface area contributed by atoms with Crippen LogP contribution in [0.25, 0.3) is 0 Å². The smallest absolute Gasteiger partial charge is 0.235 e. The van der Waals surface area contributed by atoms with Gasteiger partial charge in [-0.15, -0.1) is 5.10 Å². The second kappa shape index (κ2) is 6.44. The molecule has 0 saturated carbocycles. The van der Waals surface area contributed by atoms with Crippen molar-refractivity contribution in [3.05, 3.63) is 4.60 Å². The fourth-order valence-corrected chi connectivity index (χ4v) is 4.54. The Hall–Kier alpha value is 0.0100. The molecule has 0 aliphatic heterocycles. The Bertz CT molecular complexity index is 481. The number of halogens is 2. The molecule has 0 aliphatic carbocycles. The lowest BCUT2D eigenvalue weighted by Crippen LogP contribution is -2.38. The van der Waals surface area contributed by atoms with E-state index in [1.807, 2.05) is 13.8 Å². The first-order valence-electron chi connectivity index (χ1n) is 5.45. The first-order chi connectivity index (χ1) is 8.32. The average molecular weight is 404 g/mol. The number of nitrogens with zero attached hydrogens (tertiary/aromatic N) is 4. The summed E-state index contributed by atoms with van der Waals surface area (Å²) in [6.07, 6.45) is 0.750. The summed E-state index contributed by atoms with van der Waals surface area (Å²) in [5, 5.41) is 8.28. The molecule has 1 aromatic rings. The van der Waals surface area contributed by atoms with Gasteiger partial charge in [-0.1, -0.05) is 21.1 Å². The number of aryl methyl sites for hydroxylation is 1. The predicted octanol–water partition coefficient (Wildman–Crippen LogP) is 1.76. The number of alkyl halides is 1. The Morgan fingerprint density at radius 2 is 2.06 bits per heavy atom. The second-order valence-corrected chi connectivity index (χ2v) is 7.41. The van der Waals surface area contributed by atoms with Gasteiger partial charge >= 0.3 is 0 Å². The van der Waals surface area contributed by atoms with Crippen LogP contribution >= 0.6 is 31.9 Å². The van der Waals surface area contributed by atoms with Crippen molar-refractivity contribution in [1.29, 1.82) is 0 Å². The monoisotopic (exact) mass is 402 g/mol. The quantitative estimate of drug-likeness (QED) is 0.678. The number of rotatable bonds is 6. The zero-order valence-corrected chi connectivity index (χ0v) is 14.5. The largest absolute Gasteiger partial charge is 0.263 e. The van der Waals surface area contributed by atoms with E-state index >= 15 is 0 Å². The number of hydrogen-bond donors (Lipinski definition) is 0. The Balaban J connectivity index is 3.17. The van der Waals surface area contributed by atoms with E-state index in [4.69, 9.17) is 0 Å². The third-order valence-corrected chi connectivity index (χ3v) is 5.90. The molecule has 1 rings (SSSR count). The van der Waals surface area contributed by atoms with Gasteiger partial charge in [0.1, 0.15) is 0 Å². The SMILES string of the molecule is CC(C)N(CCCBr)S(=O)(=O)c1c(Br)nnn1C. The van der Waals surface area contributed by atoms with Gasteiger partial charge in [0.15, 0.2) is 4.60 Å². The highest BCUT2D eigenvalue weighted by Gasteiger charge is 2.32. The molecule has 0 fully saturated rings. The highest BCUT2D eigenvalue weighted by Crippen LogP contribution is 2.23. The molecule has 0 N–H and O–H groups in total. The number of hydrogen-bond acceptors (Lipinski definition) is 4. The van der Waals surface area contributed by atoms with E-state index in [-0.39, 0.29) is 15.7 Å². The van der Waals surface area contributed by atoms with Crippen LogP contribution in [0.1, 0.15) is 20.3 Å². The molecular weight excluding hydrogens is 388 g/mol. The van der Waals surface area contributed by atoms with E-state index in [1.54, 1.807) is 7.05 Å². The lowest BCUT2D eigenvalue weighted by molar-refractivity contribution is 0.351. The molecule has 0 aromatic carbocycles. The van der Waals surface area contributed by atoms with Gasteiger partial charge in [-0.3, -0.25) is 0 Å². The summed E-state index contributed by atoms with van der Waals surface area (Å²) in [4.78, 5) is 0. The third kappa shape index (κ3) is 3.31. The van der Waals surface area contributed by atoms with Crippen LogP contribution in [0.5, 0.6) is 0 Å². The standard InChI is InChI=1S/C9H16Br2N4O2S/c1-7(2)15(6-4-5-10)18(16,17)9-8(11)12-13-14(9)3/h7H,4-6H2,1-3H3. The molecule has 6 nitrogen and oxygen atoms in total. The molecule has 0 bridgehead atoms. The van der Waals surface area contributed by atoms with Crippen LogP contribution in [0.2, 0.25) is 0 Å². The van der Waals surface area contributed by atoms with E-state index < -0.39 is 10.0 Å². The van der Waals surface area contributed by atoms with Gasteiger partial charge in [0.05, 0.1) is 0 Å². The van der Waals surface area contributed by atoms with Gasteiger partial charge in [-0.2, -0.15) is 4.31 Å². The van der Waals surface area contributed by atoms with Crippen LogP contribution < -0.4 is 0 Å². The van der Waals surface area contributed by atoms with Gasteiger partial charge in [0.25, 0.3) is 10.0 Å². The molecule has 0 amide bonds. The predicted molar refractivity (Wildman–Crippen MR) is 76.1 cm³/mol. The highest BCUT2D eigenvalue weighted by atomic mass is 79.9. The van der Waals surface area contributed by atoms with Crippen molar-refractivity contribution in [3.63, 3.8) is 0 Å². The van der Waals surface area contributed by atoms with Crippen molar-refractivity contribution in [1.82, 2.24) is 19.3 Å². The van der Waals surface area contributed by atoms with Gasteiger partial charge in [-0.05, 0) is 36.2 Å². The van der Waals surface area contributed by atoms with Crippen molar-refractivity contribution < 1.29 is 8.42 Å². The summed E-state index contributed by atoms with van der Waals surface area (Å²) in [5.41, 5.74) is 0. The van der Waals surface area contributed by atoms with E-state index in [2.05, 4.69) is 42.2 Å². The van der Waals surface area contributed by atoms with Crippen molar-refractivity contribution in [2.45, 2.75) is 31.3 Å². The summed E-state index contributed by atoms with van der Waals surface area (Å²) in [6.45, 7) is 4.16. The summed E-state index contributed by atoms with van der Waals surface area (Å²) >= 11 is 6.44. The molecule has 1 heterocycles. The average Bonchev–Trinajstić information content (AvgIpc) is 2.58. The maximum Gasteiger partial charge on any atom is 0.263 e. The minimum atomic E-state index is -3.59. The molecule has 9 heteroatoms. The summed E-state index contributed by atoms with van der Waals surface area (Å²) in [7, 11) is -2.02. The normalized spacial score (nSPS) is 12.6. The molecular formula is C9H16Br2N4O2S. The van der Waals surface area contributed by atoms with E-state index in [0.717, 1.165) is 11.8 Å². The summed E-state index contributed by atoms with van der Waals surface area (Å²) in [5.74, 6) is 0. The minimum absolute atomic E-state index is 0.0887.